The number of sulfonamides is 1. The molecule has 9 nitrogen and oxygen atoms in total. The second-order valence-corrected chi connectivity index (χ2v) is 11.3. The third-order valence-electron chi connectivity index (χ3n) is 6.31. The predicted octanol–water partition coefficient (Wildman–Crippen LogP) is 3.39. The monoisotopic (exact) mass is 558 g/mol. The van der Waals surface area contributed by atoms with Gasteiger partial charge < -0.3 is 14.4 Å². The number of benzene rings is 1. The maximum absolute atomic E-state index is 13.4. The first-order chi connectivity index (χ1) is 17.8. The van der Waals surface area contributed by atoms with Crippen LogP contribution >= 0.6 is 0 Å². The molecule has 13 heteroatoms. The zero-order valence-electron chi connectivity index (χ0n) is 21.7. The molecule has 0 fully saturated rings. The largest absolute Gasteiger partial charge is 0.491 e. The molecule has 3 rings (SSSR count). The van der Waals surface area contributed by atoms with E-state index < -0.39 is 27.9 Å². The zero-order valence-corrected chi connectivity index (χ0v) is 22.6. The van der Waals surface area contributed by atoms with Gasteiger partial charge in [-0.15, -0.1) is 0 Å². The molecule has 38 heavy (non-hydrogen) atoms. The van der Waals surface area contributed by atoms with Gasteiger partial charge in [-0.2, -0.15) is 13.2 Å². The summed E-state index contributed by atoms with van der Waals surface area (Å²) in [6.07, 6.45) is -1.72. The van der Waals surface area contributed by atoms with Crippen LogP contribution in [0.15, 0.2) is 42.7 Å². The van der Waals surface area contributed by atoms with Crippen molar-refractivity contribution in [1.29, 1.82) is 0 Å². The lowest BCUT2D eigenvalue weighted by Gasteiger charge is -2.36. The summed E-state index contributed by atoms with van der Waals surface area (Å²) in [4.78, 5) is 21.2. The number of likely N-dealkylation sites (N-methyl/N-ethyl adjacent to an activating group) is 1. The molecule has 0 unspecified atom stereocenters. The Hall–Kier alpha value is -2.90. The van der Waals surface area contributed by atoms with E-state index in [4.69, 9.17) is 9.47 Å². The van der Waals surface area contributed by atoms with E-state index in [1.165, 1.54) is 23.1 Å². The first-order valence-corrected chi connectivity index (χ1v) is 13.7. The first-order valence-electron chi connectivity index (χ1n) is 12.0. The number of halogens is 3. The first kappa shape index (κ1) is 29.7. The van der Waals surface area contributed by atoms with Gasteiger partial charge in [0, 0.05) is 57.9 Å². The van der Waals surface area contributed by atoms with Gasteiger partial charge in [-0.1, -0.05) is 13.0 Å². The maximum Gasteiger partial charge on any atom is 0.404 e. The minimum absolute atomic E-state index is 0.0220. The van der Waals surface area contributed by atoms with Gasteiger partial charge in [0.2, 0.25) is 10.0 Å². The molecule has 210 valence electrons. The lowest BCUT2D eigenvalue weighted by molar-refractivity contribution is -0.106. The van der Waals surface area contributed by atoms with Gasteiger partial charge in [0.25, 0.3) is 5.91 Å². The maximum atomic E-state index is 13.4. The number of carbonyl (C=O) groups excluding carboxylic acids is 1. The Morgan fingerprint density at radius 3 is 2.58 bits per heavy atom. The molecule has 1 N–H and O–H groups in total. The fraction of sp³-hybridized carbons (Fsp3) is 0.520. The van der Waals surface area contributed by atoms with Crippen molar-refractivity contribution in [1.82, 2.24) is 14.8 Å². The summed E-state index contributed by atoms with van der Waals surface area (Å²) in [6.45, 7) is 5.73. The van der Waals surface area contributed by atoms with E-state index in [0.29, 0.717) is 13.1 Å². The fourth-order valence-electron chi connectivity index (χ4n) is 4.29. The average Bonchev–Trinajstić information content (AvgIpc) is 2.83. The van der Waals surface area contributed by atoms with Crippen LogP contribution in [-0.2, 0) is 21.3 Å². The Morgan fingerprint density at radius 1 is 1.21 bits per heavy atom. The molecular formula is C25H33F3N4O5S. The molecule has 1 aliphatic rings. The number of hydrogen-bond acceptors (Lipinski definition) is 7. The van der Waals surface area contributed by atoms with E-state index in [1.807, 2.05) is 30.7 Å². The van der Waals surface area contributed by atoms with E-state index in [0.717, 1.165) is 5.56 Å². The minimum atomic E-state index is -4.91. The number of alkyl halides is 3. The van der Waals surface area contributed by atoms with Crippen LogP contribution in [0.3, 0.4) is 0 Å². The Morgan fingerprint density at radius 2 is 1.95 bits per heavy atom. The van der Waals surface area contributed by atoms with Crippen molar-refractivity contribution in [2.75, 3.05) is 44.3 Å². The third-order valence-corrected chi connectivity index (χ3v) is 7.56. The predicted molar refractivity (Wildman–Crippen MR) is 136 cm³/mol. The van der Waals surface area contributed by atoms with Crippen LogP contribution in [-0.4, -0.2) is 87.0 Å². The number of rotatable bonds is 6. The molecule has 1 amide bonds. The van der Waals surface area contributed by atoms with Crippen LogP contribution in [0.5, 0.6) is 5.75 Å². The quantitative estimate of drug-likeness (QED) is 0.580. The van der Waals surface area contributed by atoms with Gasteiger partial charge in [-0.05, 0) is 42.7 Å². The Kier molecular flexibility index (Phi) is 9.60. The normalized spacial score (nSPS) is 22.1. The molecule has 0 saturated carbocycles. The summed E-state index contributed by atoms with van der Waals surface area (Å²) in [6, 6.07) is 7.60. The molecule has 0 saturated heterocycles. The molecule has 3 atom stereocenters. The molecule has 1 aliphatic heterocycles. The Bertz CT molecular complexity index is 1200. The number of methoxy groups -OCH3 is 1. The molecule has 0 spiro atoms. The molecule has 1 aromatic carbocycles. The number of fused-ring (bicyclic) bond motifs is 1. The fourth-order valence-corrected chi connectivity index (χ4v) is 5.28. The van der Waals surface area contributed by atoms with Crippen LogP contribution < -0.4 is 9.46 Å². The number of carbonyl (C=O) groups is 1. The van der Waals surface area contributed by atoms with E-state index in [-0.39, 0.29) is 48.2 Å². The topological polar surface area (TPSA) is 101 Å². The van der Waals surface area contributed by atoms with Crippen molar-refractivity contribution in [3.63, 3.8) is 0 Å². The number of nitrogens with zero attached hydrogens (tertiary/aromatic N) is 3. The van der Waals surface area contributed by atoms with Crippen molar-refractivity contribution in [3.05, 3.63) is 53.9 Å². The van der Waals surface area contributed by atoms with E-state index in [1.54, 1.807) is 26.6 Å². The number of pyridine rings is 1. The number of anilines is 1. The van der Waals surface area contributed by atoms with Gasteiger partial charge in [-0.3, -0.25) is 19.4 Å². The Balaban J connectivity index is 1.94. The number of nitrogens with one attached hydrogen (secondary N) is 1. The van der Waals surface area contributed by atoms with Gasteiger partial charge in [0.15, 0.2) is 5.75 Å². The average molecular weight is 559 g/mol. The Labute approximate surface area is 221 Å². The number of hydrogen-bond donors (Lipinski definition) is 1. The van der Waals surface area contributed by atoms with Crippen molar-refractivity contribution in [2.45, 2.75) is 38.7 Å². The van der Waals surface area contributed by atoms with Gasteiger partial charge >= 0.3 is 6.18 Å². The molecule has 0 aliphatic carbocycles. The highest BCUT2D eigenvalue weighted by Gasteiger charge is 2.35. The highest BCUT2D eigenvalue weighted by atomic mass is 32.2. The van der Waals surface area contributed by atoms with Crippen molar-refractivity contribution in [2.24, 2.45) is 5.92 Å². The van der Waals surface area contributed by atoms with Crippen LogP contribution in [0, 0.1) is 5.92 Å². The molecule has 2 aromatic rings. The van der Waals surface area contributed by atoms with Crippen LogP contribution in [0.25, 0.3) is 0 Å². The highest BCUT2D eigenvalue weighted by molar-refractivity contribution is 7.92. The molecular weight excluding hydrogens is 525 g/mol. The summed E-state index contributed by atoms with van der Waals surface area (Å²) < 4.78 is 75.7. The second-order valence-electron chi connectivity index (χ2n) is 9.58. The summed E-state index contributed by atoms with van der Waals surface area (Å²) in [5, 5.41) is 0. The summed E-state index contributed by atoms with van der Waals surface area (Å²) >= 11 is 0. The molecule has 0 bridgehead atoms. The lowest BCUT2D eigenvalue weighted by atomic mass is 10.0. The van der Waals surface area contributed by atoms with Crippen LogP contribution in [0.2, 0.25) is 0 Å². The minimum Gasteiger partial charge on any atom is -0.491 e. The number of amides is 1. The van der Waals surface area contributed by atoms with Gasteiger partial charge in [0.1, 0.15) is 12.4 Å². The summed E-state index contributed by atoms with van der Waals surface area (Å²) in [5.74, 6) is -2.31. The van der Waals surface area contributed by atoms with Gasteiger partial charge in [-0.25, -0.2) is 8.42 Å². The van der Waals surface area contributed by atoms with Crippen molar-refractivity contribution in [3.8, 4) is 5.75 Å². The molecule has 2 heterocycles. The zero-order chi connectivity index (χ0) is 28.1. The van der Waals surface area contributed by atoms with Crippen molar-refractivity contribution < 1.29 is 35.9 Å². The summed E-state index contributed by atoms with van der Waals surface area (Å²) in [7, 11) is -1.58. The smallest absolute Gasteiger partial charge is 0.404 e. The lowest BCUT2D eigenvalue weighted by Crippen LogP contribution is -2.46. The van der Waals surface area contributed by atoms with E-state index in [9.17, 15) is 26.4 Å². The number of ether oxygens (including phenoxy) is 2. The van der Waals surface area contributed by atoms with E-state index in [2.05, 4.69) is 9.88 Å². The van der Waals surface area contributed by atoms with Crippen LogP contribution in [0.4, 0.5) is 18.9 Å². The SMILES string of the molecule is CO[C@H]1CN(C)C(=O)c2cc(NS(=O)(=O)CC(F)(F)F)ccc2OC[C@H](C)N(Cc2cccnc2)C[C@@H]1C. The molecule has 1 aromatic heterocycles. The molecule has 0 radical (unpaired) electrons. The van der Waals surface area contributed by atoms with Crippen LogP contribution in [0.1, 0.15) is 29.8 Å². The van der Waals surface area contributed by atoms with E-state index >= 15 is 0 Å². The second kappa shape index (κ2) is 12.3. The van der Waals surface area contributed by atoms with Gasteiger partial charge in [0.05, 0.1) is 11.7 Å². The summed E-state index contributed by atoms with van der Waals surface area (Å²) in [5.41, 5.74) is 0.873. The number of aromatic nitrogens is 1. The standard InChI is InChI=1S/C25H33F3N4O5S/c1-17-12-32(13-19-6-5-9-29-11-19)18(2)15-37-22-8-7-20(30-38(34,35)16-25(26,27)28)10-21(22)24(33)31(3)14-23(17)36-4/h5-11,17-18,23,30H,12-16H2,1-4H3/t17-,18-,23-/m0/s1. The highest BCUT2D eigenvalue weighted by Crippen LogP contribution is 2.28. The van der Waals surface area contributed by atoms with Crippen molar-refractivity contribution >= 4 is 21.6 Å². The third kappa shape index (κ3) is 8.30.